The third kappa shape index (κ3) is 5.06. The molecule has 2 heterocycles. The molecule has 4 rings (SSSR count). The number of hydrogen-bond acceptors (Lipinski definition) is 5. The van der Waals surface area contributed by atoms with Crippen LogP contribution in [0.2, 0.25) is 0 Å². The van der Waals surface area contributed by atoms with E-state index in [-0.39, 0.29) is 36.5 Å². The summed E-state index contributed by atoms with van der Waals surface area (Å²) in [7, 11) is 0. The summed E-state index contributed by atoms with van der Waals surface area (Å²) in [4.78, 5) is 41.8. The molecule has 8 heteroatoms. The highest BCUT2D eigenvalue weighted by molar-refractivity contribution is 6.09. The first-order valence-corrected chi connectivity index (χ1v) is 12.1. The summed E-state index contributed by atoms with van der Waals surface area (Å²) in [5.41, 5.74) is 1.35. The molecule has 1 aromatic carbocycles. The number of urea groups is 1. The molecule has 2 saturated heterocycles. The topological polar surface area (TPSA) is 91.0 Å². The van der Waals surface area contributed by atoms with Gasteiger partial charge in [-0.3, -0.25) is 19.4 Å². The zero-order valence-corrected chi connectivity index (χ0v) is 19.9. The zero-order valence-electron chi connectivity index (χ0n) is 19.9. The second kappa shape index (κ2) is 9.81. The van der Waals surface area contributed by atoms with Crippen molar-refractivity contribution < 1.29 is 19.1 Å². The van der Waals surface area contributed by atoms with Crippen molar-refractivity contribution in [2.45, 2.75) is 77.3 Å². The van der Waals surface area contributed by atoms with Crippen LogP contribution in [0.25, 0.3) is 0 Å². The number of hydrogen-bond donors (Lipinski definition) is 2. The molecule has 180 valence electrons. The molecule has 8 nitrogen and oxygen atoms in total. The van der Waals surface area contributed by atoms with E-state index in [1.54, 1.807) is 0 Å². The minimum Gasteiger partial charge on any atom is -0.373 e. The Kier molecular flexibility index (Phi) is 7.05. The van der Waals surface area contributed by atoms with Gasteiger partial charge in [0.2, 0.25) is 5.91 Å². The van der Waals surface area contributed by atoms with Gasteiger partial charge in [0, 0.05) is 26.2 Å². The van der Waals surface area contributed by atoms with Crippen LogP contribution < -0.4 is 10.6 Å². The summed E-state index contributed by atoms with van der Waals surface area (Å²) < 4.78 is 5.83. The highest BCUT2D eigenvalue weighted by atomic mass is 16.5. The molecule has 1 aliphatic carbocycles. The Hall–Kier alpha value is -2.45. The number of amides is 4. The lowest BCUT2D eigenvalue weighted by Crippen LogP contribution is -2.54. The molecule has 4 atom stereocenters. The Morgan fingerprint density at radius 1 is 1.12 bits per heavy atom. The summed E-state index contributed by atoms with van der Waals surface area (Å²) in [6, 6.07) is 7.60. The molecule has 1 saturated carbocycles. The average Bonchev–Trinajstić information content (AvgIpc) is 2.99. The van der Waals surface area contributed by atoms with Gasteiger partial charge < -0.3 is 15.4 Å². The summed E-state index contributed by atoms with van der Waals surface area (Å²) in [5, 5.41) is 5.81. The highest BCUT2D eigenvalue weighted by Gasteiger charge is 2.55. The Labute approximate surface area is 196 Å². The second-order valence-electron chi connectivity index (χ2n) is 9.94. The van der Waals surface area contributed by atoms with E-state index in [2.05, 4.69) is 35.4 Å². The molecule has 3 aliphatic rings. The van der Waals surface area contributed by atoms with E-state index in [9.17, 15) is 14.4 Å². The number of carbonyl (C=O) groups is 3. The molecule has 0 aromatic heterocycles. The van der Waals surface area contributed by atoms with Crippen molar-refractivity contribution in [2.24, 2.45) is 5.92 Å². The molecular weight excluding hydrogens is 420 g/mol. The lowest BCUT2D eigenvalue weighted by molar-refractivity contribution is -0.137. The molecule has 2 N–H and O–H groups in total. The molecule has 33 heavy (non-hydrogen) atoms. The van der Waals surface area contributed by atoms with Crippen LogP contribution in [0.4, 0.5) is 4.79 Å². The van der Waals surface area contributed by atoms with Crippen molar-refractivity contribution in [1.82, 2.24) is 20.4 Å². The van der Waals surface area contributed by atoms with Crippen LogP contribution in [0.15, 0.2) is 24.3 Å². The predicted octanol–water partition coefficient (Wildman–Crippen LogP) is 2.41. The summed E-state index contributed by atoms with van der Waals surface area (Å²) in [6.45, 7) is 8.82. The third-order valence-corrected chi connectivity index (χ3v) is 7.29. The van der Waals surface area contributed by atoms with Crippen molar-refractivity contribution in [3.05, 3.63) is 35.4 Å². The minimum atomic E-state index is -0.839. The number of benzene rings is 1. The lowest BCUT2D eigenvalue weighted by Gasteiger charge is -2.36. The van der Waals surface area contributed by atoms with E-state index in [1.165, 1.54) is 0 Å². The monoisotopic (exact) mass is 456 g/mol. The van der Waals surface area contributed by atoms with Crippen LogP contribution in [-0.4, -0.2) is 65.0 Å². The number of nitrogens with one attached hydrogen (secondary N) is 2. The van der Waals surface area contributed by atoms with Crippen LogP contribution >= 0.6 is 0 Å². The smallest absolute Gasteiger partial charge is 0.325 e. The van der Waals surface area contributed by atoms with E-state index in [1.807, 2.05) is 25.1 Å². The zero-order chi connectivity index (χ0) is 23.6. The lowest BCUT2D eigenvalue weighted by atomic mass is 9.73. The Morgan fingerprint density at radius 2 is 1.82 bits per heavy atom. The summed E-state index contributed by atoms with van der Waals surface area (Å²) in [5.74, 6) is -0.512. The molecular formula is C25H36N4O4. The van der Waals surface area contributed by atoms with Gasteiger partial charge in [0.25, 0.3) is 5.91 Å². The summed E-state index contributed by atoms with van der Waals surface area (Å²) in [6.07, 6.45) is 3.91. The van der Waals surface area contributed by atoms with Gasteiger partial charge in [0.1, 0.15) is 12.1 Å². The minimum absolute atomic E-state index is 0.0771. The van der Waals surface area contributed by atoms with E-state index in [0.717, 1.165) is 54.9 Å². The Balaban J connectivity index is 1.35. The standard InChI is InChI=1S/C25H36N4O4/c1-17-8-6-7-11-25(17)23(31)29(24(32)27-25)16-22(30)26-12-20-9-4-5-10-21(20)15-28-13-18(2)33-19(3)14-28/h4-5,9-10,17-19H,6-8,11-16H2,1-3H3,(H,26,30)(H,27,32). The van der Waals surface area contributed by atoms with Crippen LogP contribution in [0, 0.1) is 5.92 Å². The van der Waals surface area contributed by atoms with Gasteiger partial charge in [0.15, 0.2) is 0 Å². The van der Waals surface area contributed by atoms with Gasteiger partial charge >= 0.3 is 6.03 Å². The maximum atomic E-state index is 13.1. The summed E-state index contributed by atoms with van der Waals surface area (Å²) >= 11 is 0. The fourth-order valence-electron chi connectivity index (χ4n) is 5.57. The van der Waals surface area contributed by atoms with Crippen molar-refractivity contribution in [3.8, 4) is 0 Å². The number of rotatable bonds is 6. The molecule has 2 aliphatic heterocycles. The molecule has 0 bridgehead atoms. The Bertz CT molecular complexity index is 896. The van der Waals surface area contributed by atoms with Crippen molar-refractivity contribution >= 4 is 17.8 Å². The van der Waals surface area contributed by atoms with Crippen molar-refractivity contribution in [2.75, 3.05) is 19.6 Å². The number of carbonyl (C=O) groups excluding carboxylic acids is 3. The fraction of sp³-hybridized carbons (Fsp3) is 0.640. The first-order valence-electron chi connectivity index (χ1n) is 12.1. The van der Waals surface area contributed by atoms with Gasteiger partial charge in [-0.15, -0.1) is 0 Å². The molecule has 3 fully saturated rings. The maximum absolute atomic E-state index is 13.1. The third-order valence-electron chi connectivity index (χ3n) is 7.29. The van der Waals surface area contributed by atoms with Crippen LogP contribution in [-0.2, 0) is 27.4 Å². The fourth-order valence-corrected chi connectivity index (χ4v) is 5.57. The van der Waals surface area contributed by atoms with Crippen molar-refractivity contribution in [1.29, 1.82) is 0 Å². The predicted molar refractivity (Wildman–Crippen MR) is 124 cm³/mol. The first kappa shape index (κ1) is 23.7. The largest absolute Gasteiger partial charge is 0.373 e. The number of imide groups is 1. The van der Waals surface area contributed by atoms with E-state index >= 15 is 0 Å². The molecule has 1 aromatic rings. The van der Waals surface area contributed by atoms with Gasteiger partial charge in [0.05, 0.1) is 12.2 Å². The molecule has 4 amide bonds. The van der Waals surface area contributed by atoms with E-state index in [4.69, 9.17) is 4.74 Å². The van der Waals surface area contributed by atoms with Gasteiger partial charge in [-0.25, -0.2) is 4.79 Å². The Morgan fingerprint density at radius 3 is 2.52 bits per heavy atom. The van der Waals surface area contributed by atoms with Gasteiger partial charge in [-0.05, 0) is 43.7 Å². The average molecular weight is 457 g/mol. The quantitative estimate of drug-likeness (QED) is 0.642. The highest BCUT2D eigenvalue weighted by Crippen LogP contribution is 2.38. The second-order valence-corrected chi connectivity index (χ2v) is 9.94. The van der Waals surface area contributed by atoms with Gasteiger partial charge in [-0.2, -0.15) is 0 Å². The van der Waals surface area contributed by atoms with E-state index in [0.29, 0.717) is 13.0 Å². The maximum Gasteiger partial charge on any atom is 0.325 e. The van der Waals surface area contributed by atoms with Crippen molar-refractivity contribution in [3.63, 3.8) is 0 Å². The molecule has 0 radical (unpaired) electrons. The number of ether oxygens (including phenoxy) is 1. The van der Waals surface area contributed by atoms with E-state index < -0.39 is 11.6 Å². The van der Waals surface area contributed by atoms with Gasteiger partial charge in [-0.1, -0.05) is 44.0 Å². The molecule has 4 unspecified atom stereocenters. The first-order chi connectivity index (χ1) is 15.8. The van der Waals surface area contributed by atoms with Crippen LogP contribution in [0.1, 0.15) is 57.6 Å². The normalized spacial score (nSPS) is 30.5. The SMILES string of the molecule is CC1CN(Cc2ccccc2CNC(=O)CN2C(=O)NC3(CCCCC3C)C2=O)CC(C)O1. The van der Waals surface area contributed by atoms with Crippen LogP contribution in [0.5, 0.6) is 0 Å². The van der Waals surface area contributed by atoms with Crippen LogP contribution in [0.3, 0.4) is 0 Å². The molecule has 1 spiro atoms. The number of nitrogens with zero attached hydrogens (tertiary/aromatic N) is 2. The number of morpholine rings is 1.